The van der Waals surface area contributed by atoms with Crippen LogP contribution in [0.25, 0.3) is 0 Å². The average Bonchev–Trinajstić information content (AvgIpc) is 1.72. The lowest BCUT2D eigenvalue weighted by molar-refractivity contribution is -0.154. The van der Waals surface area contributed by atoms with Crippen molar-refractivity contribution in [2.24, 2.45) is 53.3 Å². The van der Waals surface area contributed by atoms with E-state index in [9.17, 15) is 9.59 Å². The zero-order valence-electron chi connectivity index (χ0n) is 87.5. The van der Waals surface area contributed by atoms with Crippen LogP contribution in [0.2, 0.25) is 0 Å². The van der Waals surface area contributed by atoms with Gasteiger partial charge in [0.1, 0.15) is 12.2 Å². The maximum absolute atomic E-state index is 13.0. The van der Waals surface area contributed by atoms with Gasteiger partial charge in [0.15, 0.2) is 0 Å². The van der Waals surface area contributed by atoms with Crippen LogP contribution < -0.4 is 0 Å². The number of hydrogen-bond donors (Lipinski definition) is 0. The number of carbonyl (C=O) groups is 2. The fourth-order valence-electron chi connectivity index (χ4n) is 19.9. The summed E-state index contributed by atoms with van der Waals surface area (Å²) in [7, 11) is 12.8. The lowest BCUT2D eigenvalue weighted by Crippen LogP contribution is -2.27. The van der Waals surface area contributed by atoms with Gasteiger partial charge < -0.3 is 28.9 Å². The average molecular weight is 1750 g/mol. The number of hydrogen-bond acceptors (Lipinski definition) is 8. The van der Waals surface area contributed by atoms with Crippen LogP contribution in [0.1, 0.15) is 550 Å². The van der Waals surface area contributed by atoms with Gasteiger partial charge >= 0.3 is 11.9 Å². The second-order valence-corrected chi connectivity index (χ2v) is 41.7. The second-order valence-electron chi connectivity index (χ2n) is 41.7. The van der Waals surface area contributed by atoms with Crippen LogP contribution in [0.15, 0.2) is 48.6 Å². The maximum Gasteiger partial charge on any atom is 0.306 e. The summed E-state index contributed by atoms with van der Waals surface area (Å²) >= 11 is 0. The number of unbranched alkanes of at least 4 members (excludes halogenated alkanes) is 37. The third-order valence-electron chi connectivity index (χ3n) is 28.6. The van der Waals surface area contributed by atoms with Gasteiger partial charge in [0, 0.05) is 19.4 Å². The molecule has 3 aliphatic carbocycles. The minimum Gasteiger partial charge on any atom is -0.462 e. The molecule has 0 aromatic heterocycles. The normalized spacial score (nSPS) is 17.9. The van der Waals surface area contributed by atoms with Gasteiger partial charge in [-0.3, -0.25) is 9.59 Å². The van der Waals surface area contributed by atoms with Gasteiger partial charge in [0.05, 0.1) is 6.10 Å². The minimum atomic E-state index is 0.0190. The summed E-state index contributed by atoms with van der Waals surface area (Å²) in [5.41, 5.74) is 0. The Balaban J connectivity index is 0.000000940. The predicted molar refractivity (Wildman–Crippen MR) is 555 cm³/mol. The Kier molecular flexibility index (Phi) is 87.8. The van der Waals surface area contributed by atoms with E-state index in [0.29, 0.717) is 30.8 Å². The topological polar surface area (TPSA) is 71.5 Å². The van der Waals surface area contributed by atoms with Crippen LogP contribution in [-0.2, 0) is 23.8 Å². The number of allylic oxidation sites excluding steroid dienone is 8. The zero-order chi connectivity index (χ0) is 91.2. The summed E-state index contributed by atoms with van der Waals surface area (Å²) in [5, 5.41) is 0. The van der Waals surface area contributed by atoms with Crippen molar-refractivity contribution in [1.82, 2.24) is 14.7 Å². The number of rotatable bonds is 93. The molecule has 9 atom stereocenters. The third kappa shape index (κ3) is 78.9. The summed E-state index contributed by atoms with van der Waals surface area (Å²) in [6.07, 6.45) is 117. The molecule has 3 rings (SSSR count). The molecule has 8 heteroatoms. The number of ether oxygens (including phenoxy) is 3. The fraction of sp³-hybridized carbons (Fsp3) is 0.915. The molecule has 0 spiro atoms. The highest BCUT2D eigenvalue weighted by Gasteiger charge is 2.39. The molecule has 0 aromatic rings. The molecule has 125 heavy (non-hydrogen) atoms. The SMILES string of the molecule is CCCCC/C=C\CCCC(CCC/C=C\CCCCC)C(CCC/C=C/CCCCC)OC(=O)CCCCN(C)C.CCCCC/C=C\CCCC(OC(=O)CCCCCN(C)C)C(CCCCCCCC)CCCCCCCC.CCCCCC1CC1CCCC(CCCC1CC1CCCCC)C(CCCC1CC1CCCCC)OCCCCCN(C)C. The summed E-state index contributed by atoms with van der Waals surface area (Å²) < 4.78 is 19.6. The first-order chi connectivity index (χ1) is 61.1. The molecule has 738 valence electrons. The Morgan fingerprint density at radius 1 is 0.240 bits per heavy atom. The van der Waals surface area contributed by atoms with E-state index >= 15 is 0 Å². The Morgan fingerprint density at radius 3 is 0.800 bits per heavy atom. The molecule has 0 aliphatic heterocycles. The van der Waals surface area contributed by atoms with Crippen molar-refractivity contribution >= 4 is 11.9 Å². The summed E-state index contributed by atoms with van der Waals surface area (Å²) in [6.45, 7) is 25.0. The molecule has 0 radical (unpaired) electrons. The highest BCUT2D eigenvalue weighted by atomic mass is 16.5. The molecule has 0 saturated heterocycles. The first-order valence-corrected chi connectivity index (χ1v) is 56.7. The first-order valence-electron chi connectivity index (χ1n) is 56.7. The smallest absolute Gasteiger partial charge is 0.306 e. The molecule has 3 fully saturated rings. The number of carbonyl (C=O) groups excluding carboxylic acids is 2. The predicted octanol–water partition coefficient (Wildman–Crippen LogP) is 36.5. The maximum atomic E-state index is 13.0. The van der Waals surface area contributed by atoms with Crippen LogP contribution in [0.5, 0.6) is 0 Å². The van der Waals surface area contributed by atoms with E-state index < -0.39 is 0 Å². The van der Waals surface area contributed by atoms with Gasteiger partial charge in [-0.1, -0.05) is 361 Å². The monoisotopic (exact) mass is 1750 g/mol. The van der Waals surface area contributed by atoms with Crippen molar-refractivity contribution in [3.63, 3.8) is 0 Å². The van der Waals surface area contributed by atoms with Crippen LogP contribution in [0, 0.1) is 53.3 Å². The number of esters is 2. The lowest BCUT2D eigenvalue weighted by Gasteiger charge is -2.28. The van der Waals surface area contributed by atoms with E-state index in [2.05, 4.69) is 168 Å². The summed E-state index contributed by atoms with van der Waals surface area (Å²) in [6, 6.07) is 0. The molecule has 0 aromatic carbocycles. The van der Waals surface area contributed by atoms with Crippen LogP contribution in [0.3, 0.4) is 0 Å². The molecular formula is C117H225N3O5. The Morgan fingerprint density at radius 2 is 0.464 bits per heavy atom. The molecule has 3 aliphatic rings. The van der Waals surface area contributed by atoms with Crippen LogP contribution >= 0.6 is 0 Å². The van der Waals surface area contributed by atoms with Crippen LogP contribution in [0.4, 0.5) is 0 Å². The largest absolute Gasteiger partial charge is 0.462 e. The third-order valence-corrected chi connectivity index (χ3v) is 28.6. The van der Waals surface area contributed by atoms with Gasteiger partial charge in [0.25, 0.3) is 0 Å². The standard InChI is InChI=1S/C42H81NO.C39H73NO2.C36H71NO2/c1-6-9-13-21-36-32-39(36)26-18-24-35(25-19-27-40-33-37(40)22-14-10-7-2)42(44-31-17-12-16-30-43(4)5)29-20-28-41-34-38(41)23-15-11-8-3;1-6-9-12-15-18-21-24-27-32-37(33-28-25-22-19-16-13-10-7-2)38(34-29-26-23-20-17-14-11-8-3)42-39(41)35-30-31-36-40(4)5;1-6-9-12-15-18-19-22-26-31-35(39-36(38)32-27-23-28-33-37(4)5)34(29-24-20-16-13-10-7-2)30-25-21-17-14-11-8-3/h35-42H,6-34H2,1-5H3;18-23,37-38H,6-17,24-36H2,1-5H3;18-19,34-35H,6-17,20-33H2,1-5H3/b;21-18-,22-19-,23-20+;19-18-. The van der Waals surface area contributed by atoms with Gasteiger partial charge in [-0.15, -0.1) is 0 Å². The molecule has 8 nitrogen and oxygen atoms in total. The van der Waals surface area contributed by atoms with Gasteiger partial charge in [-0.05, 0) is 340 Å². The summed E-state index contributed by atoms with van der Waals surface area (Å²) in [4.78, 5) is 32.7. The fourth-order valence-corrected chi connectivity index (χ4v) is 19.9. The molecular weight excluding hydrogens is 1530 g/mol. The highest BCUT2D eigenvalue weighted by molar-refractivity contribution is 5.70. The molecule has 0 heterocycles. The molecule has 0 bridgehead atoms. The van der Waals surface area contributed by atoms with E-state index in [4.69, 9.17) is 14.2 Å². The molecule has 3 saturated carbocycles. The number of nitrogens with zero attached hydrogens (tertiary/aromatic N) is 3. The van der Waals surface area contributed by atoms with E-state index in [1.807, 2.05) is 0 Å². The van der Waals surface area contributed by atoms with E-state index in [0.717, 1.165) is 157 Å². The van der Waals surface area contributed by atoms with E-state index in [-0.39, 0.29) is 24.1 Å². The second kappa shape index (κ2) is 90.9. The van der Waals surface area contributed by atoms with Crippen molar-refractivity contribution in [2.75, 3.05) is 68.5 Å². The Labute approximate surface area is 784 Å². The first kappa shape index (κ1) is 121. The Bertz CT molecular complexity index is 2290. The zero-order valence-corrected chi connectivity index (χ0v) is 87.5. The Hall–Kier alpha value is -2.26. The van der Waals surface area contributed by atoms with Gasteiger partial charge in [0.2, 0.25) is 0 Å². The highest BCUT2D eigenvalue weighted by Crippen LogP contribution is 2.49. The van der Waals surface area contributed by atoms with E-state index in [1.165, 1.54) is 373 Å². The van der Waals surface area contributed by atoms with E-state index in [1.54, 1.807) is 12.8 Å². The quantitative estimate of drug-likeness (QED) is 0.0339. The molecule has 9 unspecified atom stereocenters. The minimum absolute atomic E-state index is 0.0190. The molecule has 0 amide bonds. The van der Waals surface area contributed by atoms with Gasteiger partial charge in [-0.2, -0.15) is 0 Å². The summed E-state index contributed by atoms with van der Waals surface area (Å²) in [5.74, 6) is 8.30. The van der Waals surface area contributed by atoms with Crippen molar-refractivity contribution in [2.45, 2.75) is 569 Å². The van der Waals surface area contributed by atoms with Crippen molar-refractivity contribution in [3.05, 3.63) is 48.6 Å². The van der Waals surface area contributed by atoms with Crippen molar-refractivity contribution in [1.29, 1.82) is 0 Å². The van der Waals surface area contributed by atoms with Crippen molar-refractivity contribution in [3.8, 4) is 0 Å². The lowest BCUT2D eigenvalue weighted by atomic mass is 9.86. The molecule has 0 N–H and O–H groups in total. The van der Waals surface area contributed by atoms with Gasteiger partial charge in [-0.25, -0.2) is 0 Å². The van der Waals surface area contributed by atoms with Crippen LogP contribution in [-0.4, -0.2) is 113 Å². The van der Waals surface area contributed by atoms with Crippen molar-refractivity contribution < 1.29 is 23.8 Å².